The second-order valence-electron chi connectivity index (χ2n) is 3.12. The number of aromatic nitrogens is 1. The van der Waals surface area contributed by atoms with Gasteiger partial charge in [0.05, 0.1) is 18.4 Å². The maximum absolute atomic E-state index is 10.8. The van der Waals surface area contributed by atoms with Gasteiger partial charge in [-0.1, -0.05) is 0 Å². The van der Waals surface area contributed by atoms with Gasteiger partial charge in [-0.05, 0) is 13.0 Å². The van der Waals surface area contributed by atoms with Crippen molar-refractivity contribution in [2.24, 2.45) is 0 Å². The van der Waals surface area contributed by atoms with Crippen LogP contribution in [0.2, 0.25) is 0 Å². The summed E-state index contributed by atoms with van der Waals surface area (Å²) < 4.78 is 5.19. The van der Waals surface area contributed by atoms with E-state index in [1.54, 1.807) is 25.4 Å². The summed E-state index contributed by atoms with van der Waals surface area (Å²) in [6, 6.07) is 1.76. The van der Waals surface area contributed by atoms with E-state index in [0.717, 1.165) is 5.39 Å². The van der Waals surface area contributed by atoms with Gasteiger partial charge in [0.2, 0.25) is 0 Å². The van der Waals surface area contributed by atoms with E-state index in [1.165, 1.54) is 6.26 Å². The summed E-state index contributed by atoms with van der Waals surface area (Å²) in [4.78, 5) is 14.7. The van der Waals surface area contributed by atoms with Crippen molar-refractivity contribution < 1.29 is 14.3 Å². The molecule has 0 aromatic carbocycles. The fourth-order valence-corrected chi connectivity index (χ4v) is 1.37. The first-order chi connectivity index (χ1) is 6.70. The molecule has 72 valence electrons. The van der Waals surface area contributed by atoms with Crippen molar-refractivity contribution in [1.82, 2.24) is 4.98 Å². The largest absolute Gasteiger partial charge is 0.481 e. The minimum Gasteiger partial charge on any atom is -0.481 e. The van der Waals surface area contributed by atoms with E-state index in [9.17, 15) is 4.79 Å². The molecule has 1 N–H and O–H groups in total. The topological polar surface area (TPSA) is 63.3 Å². The predicted molar refractivity (Wildman–Crippen MR) is 50.1 cm³/mol. The van der Waals surface area contributed by atoms with Gasteiger partial charge in [0, 0.05) is 17.1 Å². The highest BCUT2D eigenvalue weighted by Gasteiger charge is 2.18. The summed E-state index contributed by atoms with van der Waals surface area (Å²) in [5.74, 6) is -1.41. The molecule has 2 rings (SSSR count). The Morgan fingerprint density at radius 3 is 3.14 bits per heavy atom. The second-order valence-corrected chi connectivity index (χ2v) is 3.12. The van der Waals surface area contributed by atoms with Crippen molar-refractivity contribution in [2.45, 2.75) is 12.8 Å². The van der Waals surface area contributed by atoms with Crippen LogP contribution in [-0.2, 0) is 4.79 Å². The molecule has 0 aliphatic rings. The van der Waals surface area contributed by atoms with E-state index in [-0.39, 0.29) is 0 Å². The first kappa shape index (κ1) is 8.74. The van der Waals surface area contributed by atoms with E-state index in [4.69, 9.17) is 9.52 Å². The third kappa shape index (κ3) is 1.25. The number of pyridine rings is 1. The molecular formula is C10H9NO3. The summed E-state index contributed by atoms with van der Waals surface area (Å²) in [6.07, 6.45) is 4.68. The molecule has 1 unspecified atom stereocenters. The minimum absolute atomic E-state index is 0.557. The average molecular weight is 191 g/mol. The van der Waals surface area contributed by atoms with Crippen molar-refractivity contribution in [3.8, 4) is 0 Å². The van der Waals surface area contributed by atoms with Crippen molar-refractivity contribution in [3.63, 3.8) is 0 Å². The molecule has 4 heteroatoms. The quantitative estimate of drug-likeness (QED) is 0.788. The van der Waals surface area contributed by atoms with Gasteiger partial charge in [-0.25, -0.2) is 0 Å². The van der Waals surface area contributed by atoms with Crippen LogP contribution < -0.4 is 0 Å². The molecule has 2 heterocycles. The maximum Gasteiger partial charge on any atom is 0.310 e. The summed E-state index contributed by atoms with van der Waals surface area (Å²) in [5.41, 5.74) is 1.31. The lowest BCUT2D eigenvalue weighted by Gasteiger charge is -2.01. The van der Waals surface area contributed by atoms with Gasteiger partial charge < -0.3 is 9.52 Å². The smallest absolute Gasteiger partial charge is 0.310 e. The zero-order chi connectivity index (χ0) is 10.1. The molecule has 14 heavy (non-hydrogen) atoms. The van der Waals surface area contributed by atoms with Gasteiger partial charge in [0.25, 0.3) is 0 Å². The van der Waals surface area contributed by atoms with Gasteiger partial charge in [-0.2, -0.15) is 0 Å². The van der Waals surface area contributed by atoms with Crippen LogP contribution in [0.25, 0.3) is 11.0 Å². The van der Waals surface area contributed by atoms with Crippen molar-refractivity contribution >= 4 is 16.9 Å². The van der Waals surface area contributed by atoms with Gasteiger partial charge in [0.15, 0.2) is 5.58 Å². The fourth-order valence-electron chi connectivity index (χ4n) is 1.37. The number of fused-ring (bicyclic) bond motifs is 1. The number of carbonyl (C=O) groups is 1. The van der Waals surface area contributed by atoms with Crippen LogP contribution in [0.3, 0.4) is 0 Å². The Labute approximate surface area is 80.2 Å². The van der Waals surface area contributed by atoms with Crippen LogP contribution in [0.5, 0.6) is 0 Å². The number of hydrogen-bond donors (Lipinski definition) is 1. The number of hydrogen-bond acceptors (Lipinski definition) is 3. The molecule has 2 aromatic rings. The number of aliphatic carboxylic acids is 1. The van der Waals surface area contributed by atoms with Gasteiger partial charge in [-0.3, -0.25) is 9.78 Å². The SMILES string of the molecule is CC(C(=O)O)c1coc2cnccc12. The molecule has 4 nitrogen and oxygen atoms in total. The zero-order valence-corrected chi connectivity index (χ0v) is 7.60. The van der Waals surface area contributed by atoms with Crippen LogP contribution in [0, 0.1) is 0 Å². The molecule has 0 aliphatic heterocycles. The van der Waals surface area contributed by atoms with Crippen molar-refractivity contribution in [2.75, 3.05) is 0 Å². The van der Waals surface area contributed by atoms with Gasteiger partial charge >= 0.3 is 5.97 Å². The molecule has 0 saturated carbocycles. The molecular weight excluding hydrogens is 182 g/mol. The number of rotatable bonds is 2. The maximum atomic E-state index is 10.8. The van der Waals surface area contributed by atoms with Crippen molar-refractivity contribution in [1.29, 1.82) is 0 Å². The fraction of sp³-hybridized carbons (Fsp3) is 0.200. The second kappa shape index (κ2) is 3.14. The summed E-state index contributed by atoms with van der Waals surface area (Å²) >= 11 is 0. The van der Waals surface area contributed by atoms with Crippen LogP contribution in [-0.4, -0.2) is 16.1 Å². The van der Waals surface area contributed by atoms with E-state index in [0.29, 0.717) is 11.1 Å². The number of carboxylic acids is 1. The molecule has 0 bridgehead atoms. The zero-order valence-electron chi connectivity index (χ0n) is 7.60. The molecule has 0 saturated heterocycles. The molecule has 0 amide bonds. The highest BCUT2D eigenvalue weighted by molar-refractivity contribution is 5.87. The Morgan fingerprint density at radius 2 is 2.43 bits per heavy atom. The average Bonchev–Trinajstić information content (AvgIpc) is 2.60. The Kier molecular flexibility index (Phi) is 1.96. The van der Waals surface area contributed by atoms with E-state index in [1.807, 2.05) is 0 Å². The Balaban J connectivity index is 2.58. The Bertz CT molecular complexity index is 475. The monoisotopic (exact) mass is 191 g/mol. The molecule has 0 aliphatic carbocycles. The first-order valence-electron chi connectivity index (χ1n) is 4.24. The summed E-state index contributed by atoms with van der Waals surface area (Å²) in [7, 11) is 0. The van der Waals surface area contributed by atoms with Crippen LogP contribution in [0.1, 0.15) is 18.4 Å². The molecule has 0 radical (unpaired) electrons. The Hall–Kier alpha value is -1.84. The number of carboxylic acid groups (broad SMARTS) is 1. The minimum atomic E-state index is -0.857. The standard InChI is InChI=1S/C10H9NO3/c1-6(10(12)13)8-5-14-9-4-11-3-2-7(8)9/h2-6H,1H3,(H,12,13). The normalized spacial score (nSPS) is 12.9. The van der Waals surface area contributed by atoms with Crippen LogP contribution in [0.15, 0.2) is 29.1 Å². The lowest BCUT2D eigenvalue weighted by atomic mass is 10.0. The number of nitrogens with zero attached hydrogens (tertiary/aromatic N) is 1. The first-order valence-corrected chi connectivity index (χ1v) is 4.24. The lowest BCUT2D eigenvalue weighted by molar-refractivity contribution is -0.138. The highest BCUT2D eigenvalue weighted by Crippen LogP contribution is 2.26. The summed E-state index contributed by atoms with van der Waals surface area (Å²) in [5, 5.41) is 9.67. The molecule has 1 atom stereocenters. The lowest BCUT2D eigenvalue weighted by Crippen LogP contribution is -2.06. The predicted octanol–water partition coefficient (Wildman–Crippen LogP) is 2.02. The number of furan rings is 1. The van der Waals surface area contributed by atoms with Crippen LogP contribution in [0.4, 0.5) is 0 Å². The van der Waals surface area contributed by atoms with E-state index in [2.05, 4.69) is 4.98 Å². The van der Waals surface area contributed by atoms with E-state index < -0.39 is 11.9 Å². The van der Waals surface area contributed by atoms with Crippen LogP contribution >= 0.6 is 0 Å². The Morgan fingerprint density at radius 1 is 1.64 bits per heavy atom. The highest BCUT2D eigenvalue weighted by atomic mass is 16.4. The molecule has 2 aromatic heterocycles. The summed E-state index contributed by atoms with van der Waals surface area (Å²) in [6.45, 7) is 1.63. The third-order valence-electron chi connectivity index (χ3n) is 2.25. The molecule has 0 fully saturated rings. The van der Waals surface area contributed by atoms with E-state index >= 15 is 0 Å². The van der Waals surface area contributed by atoms with Gasteiger partial charge in [0.1, 0.15) is 0 Å². The van der Waals surface area contributed by atoms with Gasteiger partial charge in [-0.15, -0.1) is 0 Å². The molecule has 0 spiro atoms. The third-order valence-corrected chi connectivity index (χ3v) is 2.25. The van der Waals surface area contributed by atoms with Crippen molar-refractivity contribution in [3.05, 3.63) is 30.3 Å².